The monoisotopic (exact) mass is 356 g/mol. The number of nitrogens with zero attached hydrogens (tertiary/aromatic N) is 2. The van der Waals surface area contributed by atoms with E-state index >= 15 is 0 Å². The zero-order valence-electron chi connectivity index (χ0n) is 15.9. The molecular formula is C25H28N2. The standard InChI is InChI=1S/C25H28N2/c1-3-7-20(8-4-1)21-13-15-23(16-14-21)25-17-24(22-9-5-2-6-10-22)26-27(25)18-19-11-12-19/h1-10,17,19,21,23H,11-16,18H2. The van der Waals surface area contributed by atoms with Gasteiger partial charge in [0.05, 0.1) is 5.69 Å². The smallest absolute Gasteiger partial charge is 0.0926 e. The molecule has 0 unspecified atom stereocenters. The first kappa shape index (κ1) is 16.8. The van der Waals surface area contributed by atoms with Gasteiger partial charge in [0.2, 0.25) is 0 Å². The molecule has 27 heavy (non-hydrogen) atoms. The molecule has 5 rings (SSSR count). The molecule has 0 amide bonds. The lowest BCUT2D eigenvalue weighted by atomic mass is 9.77. The van der Waals surface area contributed by atoms with Gasteiger partial charge in [0.1, 0.15) is 0 Å². The van der Waals surface area contributed by atoms with Crippen molar-refractivity contribution in [3.63, 3.8) is 0 Å². The van der Waals surface area contributed by atoms with Crippen LogP contribution in [0.5, 0.6) is 0 Å². The molecule has 0 N–H and O–H groups in total. The van der Waals surface area contributed by atoms with Gasteiger partial charge in [-0.15, -0.1) is 0 Å². The van der Waals surface area contributed by atoms with Crippen molar-refractivity contribution >= 4 is 0 Å². The van der Waals surface area contributed by atoms with Crippen LogP contribution in [0.4, 0.5) is 0 Å². The molecule has 2 saturated carbocycles. The minimum atomic E-state index is 0.661. The van der Waals surface area contributed by atoms with Crippen LogP contribution >= 0.6 is 0 Å². The maximum Gasteiger partial charge on any atom is 0.0926 e. The summed E-state index contributed by atoms with van der Waals surface area (Å²) in [5.74, 6) is 2.25. The fourth-order valence-corrected chi connectivity index (χ4v) is 4.65. The second-order valence-electron chi connectivity index (χ2n) is 8.41. The molecule has 138 valence electrons. The summed E-state index contributed by atoms with van der Waals surface area (Å²) in [4.78, 5) is 0. The van der Waals surface area contributed by atoms with E-state index in [0.717, 1.165) is 24.1 Å². The van der Waals surface area contributed by atoms with E-state index in [1.807, 2.05) is 0 Å². The molecule has 0 atom stereocenters. The van der Waals surface area contributed by atoms with Gasteiger partial charge in [0, 0.05) is 23.7 Å². The normalized spacial score (nSPS) is 22.7. The Morgan fingerprint density at radius 3 is 2.04 bits per heavy atom. The van der Waals surface area contributed by atoms with E-state index in [0.29, 0.717) is 5.92 Å². The zero-order valence-corrected chi connectivity index (χ0v) is 15.9. The summed E-state index contributed by atoms with van der Waals surface area (Å²) in [7, 11) is 0. The summed E-state index contributed by atoms with van der Waals surface area (Å²) < 4.78 is 2.35. The van der Waals surface area contributed by atoms with Crippen LogP contribution in [0.2, 0.25) is 0 Å². The number of aromatic nitrogens is 2. The lowest BCUT2D eigenvalue weighted by Gasteiger charge is -2.29. The number of hydrogen-bond donors (Lipinski definition) is 0. The highest BCUT2D eigenvalue weighted by atomic mass is 15.3. The highest BCUT2D eigenvalue weighted by Crippen LogP contribution is 2.42. The average molecular weight is 357 g/mol. The van der Waals surface area contributed by atoms with Gasteiger partial charge in [-0.05, 0) is 62.0 Å². The second kappa shape index (κ2) is 7.34. The van der Waals surface area contributed by atoms with E-state index in [-0.39, 0.29) is 0 Å². The highest BCUT2D eigenvalue weighted by molar-refractivity contribution is 5.59. The van der Waals surface area contributed by atoms with E-state index in [2.05, 4.69) is 71.4 Å². The van der Waals surface area contributed by atoms with Gasteiger partial charge in [-0.25, -0.2) is 0 Å². The first-order valence-electron chi connectivity index (χ1n) is 10.5. The molecule has 1 aromatic heterocycles. The van der Waals surface area contributed by atoms with Crippen LogP contribution in [-0.2, 0) is 6.54 Å². The van der Waals surface area contributed by atoms with Crippen molar-refractivity contribution in [2.24, 2.45) is 5.92 Å². The van der Waals surface area contributed by atoms with Gasteiger partial charge in [-0.3, -0.25) is 4.68 Å². The van der Waals surface area contributed by atoms with Gasteiger partial charge in [0.25, 0.3) is 0 Å². The molecule has 2 nitrogen and oxygen atoms in total. The minimum Gasteiger partial charge on any atom is -0.268 e. The van der Waals surface area contributed by atoms with Crippen LogP contribution < -0.4 is 0 Å². The van der Waals surface area contributed by atoms with Crippen LogP contribution in [0, 0.1) is 5.92 Å². The molecule has 0 aliphatic heterocycles. The summed E-state index contributed by atoms with van der Waals surface area (Å²) in [5.41, 5.74) is 5.39. The third kappa shape index (κ3) is 3.71. The zero-order chi connectivity index (χ0) is 18.1. The van der Waals surface area contributed by atoms with Crippen molar-refractivity contribution in [3.8, 4) is 11.3 Å². The Balaban J connectivity index is 1.37. The summed E-state index contributed by atoms with van der Waals surface area (Å²) in [6.07, 6.45) is 7.91. The van der Waals surface area contributed by atoms with Crippen molar-refractivity contribution in [2.75, 3.05) is 0 Å². The number of benzene rings is 2. The Labute approximate surface area is 162 Å². The van der Waals surface area contributed by atoms with Crippen LogP contribution in [-0.4, -0.2) is 9.78 Å². The van der Waals surface area contributed by atoms with E-state index in [4.69, 9.17) is 5.10 Å². The predicted molar refractivity (Wildman–Crippen MR) is 111 cm³/mol. The summed E-state index contributed by atoms with van der Waals surface area (Å²) in [5, 5.41) is 5.03. The van der Waals surface area contributed by atoms with Gasteiger partial charge >= 0.3 is 0 Å². The third-order valence-corrected chi connectivity index (χ3v) is 6.43. The van der Waals surface area contributed by atoms with Gasteiger partial charge in [0.15, 0.2) is 0 Å². The van der Waals surface area contributed by atoms with E-state index in [1.54, 1.807) is 0 Å². The van der Waals surface area contributed by atoms with Crippen molar-refractivity contribution in [2.45, 2.75) is 56.9 Å². The van der Waals surface area contributed by atoms with Crippen LogP contribution in [0.15, 0.2) is 66.7 Å². The third-order valence-electron chi connectivity index (χ3n) is 6.43. The quantitative estimate of drug-likeness (QED) is 0.517. The van der Waals surface area contributed by atoms with Gasteiger partial charge in [-0.1, -0.05) is 60.7 Å². The molecule has 0 bridgehead atoms. The second-order valence-corrected chi connectivity index (χ2v) is 8.41. The largest absolute Gasteiger partial charge is 0.268 e. The molecule has 2 heteroatoms. The Morgan fingerprint density at radius 1 is 0.741 bits per heavy atom. The lowest BCUT2D eigenvalue weighted by molar-refractivity contribution is 0.374. The maximum atomic E-state index is 5.03. The van der Waals surface area contributed by atoms with E-state index < -0.39 is 0 Å². The van der Waals surface area contributed by atoms with Crippen LogP contribution in [0.3, 0.4) is 0 Å². The van der Waals surface area contributed by atoms with Crippen LogP contribution in [0.1, 0.15) is 61.6 Å². The van der Waals surface area contributed by atoms with E-state index in [9.17, 15) is 0 Å². The Kier molecular flexibility index (Phi) is 4.57. The summed E-state index contributed by atoms with van der Waals surface area (Å²) >= 11 is 0. The summed E-state index contributed by atoms with van der Waals surface area (Å²) in [6.45, 7) is 1.11. The molecule has 0 spiro atoms. The Morgan fingerprint density at radius 2 is 1.37 bits per heavy atom. The van der Waals surface area contributed by atoms with Crippen LogP contribution in [0.25, 0.3) is 11.3 Å². The first-order chi connectivity index (χ1) is 13.4. The SMILES string of the molecule is c1ccc(-c2cc(C3CCC(c4ccccc4)CC3)n(CC3CC3)n2)cc1. The topological polar surface area (TPSA) is 17.8 Å². The predicted octanol–water partition coefficient (Wildman–Crippen LogP) is 6.40. The fourth-order valence-electron chi connectivity index (χ4n) is 4.65. The number of rotatable bonds is 5. The van der Waals surface area contributed by atoms with Crippen molar-refractivity contribution < 1.29 is 0 Å². The molecule has 2 aromatic carbocycles. The van der Waals surface area contributed by atoms with Crippen molar-refractivity contribution in [1.82, 2.24) is 9.78 Å². The average Bonchev–Trinajstić information content (AvgIpc) is 3.46. The van der Waals surface area contributed by atoms with E-state index in [1.165, 1.54) is 55.3 Å². The molecule has 2 aliphatic carbocycles. The fraction of sp³-hybridized carbons (Fsp3) is 0.400. The van der Waals surface area contributed by atoms with Crippen molar-refractivity contribution in [1.29, 1.82) is 0 Å². The molecule has 2 aliphatic rings. The Hall–Kier alpha value is -2.35. The lowest BCUT2D eigenvalue weighted by Crippen LogP contribution is -2.16. The van der Waals surface area contributed by atoms with Gasteiger partial charge < -0.3 is 0 Å². The maximum absolute atomic E-state index is 5.03. The number of hydrogen-bond acceptors (Lipinski definition) is 1. The molecule has 1 heterocycles. The first-order valence-corrected chi connectivity index (χ1v) is 10.5. The summed E-state index contributed by atoms with van der Waals surface area (Å²) in [6, 6.07) is 24.1. The molecule has 0 radical (unpaired) electrons. The molecule has 3 aromatic rings. The highest BCUT2D eigenvalue weighted by Gasteiger charge is 2.29. The molecule has 2 fully saturated rings. The molecular weight excluding hydrogens is 328 g/mol. The van der Waals surface area contributed by atoms with Crippen molar-refractivity contribution in [3.05, 3.63) is 78.0 Å². The minimum absolute atomic E-state index is 0.661. The Bertz CT molecular complexity index is 869. The molecule has 0 saturated heterocycles. The van der Waals surface area contributed by atoms with Gasteiger partial charge in [-0.2, -0.15) is 5.10 Å².